The van der Waals surface area contributed by atoms with Gasteiger partial charge in [-0.25, -0.2) is 0 Å². The quantitative estimate of drug-likeness (QED) is 0.442. The lowest BCUT2D eigenvalue weighted by atomic mass is 10.1. The minimum absolute atomic E-state index is 0.144. The molecular formula is C16H17BrN2O2. The highest BCUT2D eigenvalue weighted by Gasteiger charge is 2.15. The monoisotopic (exact) mass is 348 g/mol. The Morgan fingerprint density at radius 3 is 2.29 bits per heavy atom. The number of nitrogens with zero attached hydrogens (tertiary/aromatic N) is 2. The summed E-state index contributed by atoms with van der Waals surface area (Å²) in [5.74, 6) is 0. The number of nitro benzene ring substituents is 1. The Morgan fingerprint density at radius 1 is 1.14 bits per heavy atom. The zero-order chi connectivity index (χ0) is 15.4. The summed E-state index contributed by atoms with van der Waals surface area (Å²) in [6, 6.07) is 13.5. The minimum atomic E-state index is -0.351. The van der Waals surface area contributed by atoms with E-state index in [2.05, 4.69) is 47.1 Å². The SMILES string of the molecule is CCc1ccc(N(C)c2ccc([N+](=O)[O-])c(CBr)c2)cc1. The molecule has 0 spiro atoms. The maximum atomic E-state index is 11.0. The molecule has 0 aliphatic heterocycles. The Hall–Kier alpha value is -1.88. The van der Waals surface area contributed by atoms with Gasteiger partial charge in [-0.1, -0.05) is 35.0 Å². The molecule has 5 heteroatoms. The Labute approximate surface area is 132 Å². The van der Waals surface area contributed by atoms with Crippen molar-refractivity contribution in [2.24, 2.45) is 0 Å². The molecule has 0 aromatic heterocycles. The standard InChI is InChI=1S/C16H17BrN2O2/c1-3-12-4-6-14(7-5-12)18(2)15-8-9-16(19(20)21)13(10-15)11-17/h4-10H,3,11H2,1-2H3. The Morgan fingerprint density at radius 2 is 1.76 bits per heavy atom. The highest BCUT2D eigenvalue weighted by Crippen LogP contribution is 2.30. The molecule has 2 rings (SSSR count). The van der Waals surface area contributed by atoms with Crippen molar-refractivity contribution in [3.05, 3.63) is 63.7 Å². The molecule has 0 aliphatic rings. The molecule has 21 heavy (non-hydrogen) atoms. The van der Waals surface area contributed by atoms with E-state index in [4.69, 9.17) is 0 Å². The molecule has 0 heterocycles. The molecule has 0 fully saturated rings. The third-order valence-corrected chi connectivity index (χ3v) is 4.13. The van der Waals surface area contributed by atoms with Crippen molar-refractivity contribution >= 4 is 33.0 Å². The van der Waals surface area contributed by atoms with Crippen molar-refractivity contribution in [3.8, 4) is 0 Å². The smallest absolute Gasteiger partial charge is 0.273 e. The Balaban J connectivity index is 2.33. The molecule has 0 saturated heterocycles. The number of nitro groups is 1. The van der Waals surface area contributed by atoms with Crippen molar-refractivity contribution in [3.63, 3.8) is 0 Å². The van der Waals surface area contributed by atoms with Crippen LogP contribution in [0.2, 0.25) is 0 Å². The van der Waals surface area contributed by atoms with Crippen LogP contribution < -0.4 is 4.90 Å². The summed E-state index contributed by atoms with van der Waals surface area (Å²) in [6.07, 6.45) is 1.01. The number of hydrogen-bond donors (Lipinski definition) is 0. The third-order valence-electron chi connectivity index (χ3n) is 3.52. The van der Waals surface area contributed by atoms with E-state index in [0.717, 1.165) is 17.8 Å². The summed E-state index contributed by atoms with van der Waals surface area (Å²) in [5.41, 5.74) is 4.10. The van der Waals surface area contributed by atoms with Gasteiger partial charge in [-0.05, 0) is 36.2 Å². The molecule has 0 amide bonds. The van der Waals surface area contributed by atoms with E-state index in [9.17, 15) is 10.1 Å². The molecule has 0 unspecified atom stereocenters. The molecule has 2 aromatic carbocycles. The van der Waals surface area contributed by atoms with Crippen LogP contribution >= 0.6 is 15.9 Å². The normalized spacial score (nSPS) is 10.4. The van der Waals surface area contributed by atoms with Gasteiger partial charge in [0.1, 0.15) is 0 Å². The van der Waals surface area contributed by atoms with Crippen LogP contribution in [0.5, 0.6) is 0 Å². The van der Waals surface area contributed by atoms with E-state index in [1.54, 1.807) is 12.1 Å². The van der Waals surface area contributed by atoms with Crippen LogP contribution in [-0.2, 0) is 11.8 Å². The van der Waals surface area contributed by atoms with E-state index in [-0.39, 0.29) is 10.6 Å². The van der Waals surface area contributed by atoms with Gasteiger partial charge in [-0.2, -0.15) is 0 Å². The number of anilines is 2. The number of benzene rings is 2. The average molecular weight is 349 g/mol. The summed E-state index contributed by atoms with van der Waals surface area (Å²) in [7, 11) is 1.96. The molecule has 0 atom stereocenters. The van der Waals surface area contributed by atoms with Gasteiger partial charge < -0.3 is 4.90 Å². The highest BCUT2D eigenvalue weighted by atomic mass is 79.9. The van der Waals surface area contributed by atoms with E-state index in [1.165, 1.54) is 5.56 Å². The summed E-state index contributed by atoms with van der Waals surface area (Å²) >= 11 is 3.31. The first kappa shape index (κ1) is 15.5. The van der Waals surface area contributed by atoms with E-state index < -0.39 is 0 Å². The lowest BCUT2D eigenvalue weighted by Crippen LogP contribution is -2.10. The van der Waals surface area contributed by atoms with Crippen molar-refractivity contribution in [2.45, 2.75) is 18.7 Å². The van der Waals surface area contributed by atoms with E-state index >= 15 is 0 Å². The number of halogens is 1. The zero-order valence-corrected chi connectivity index (χ0v) is 13.6. The molecule has 0 saturated carbocycles. The van der Waals surface area contributed by atoms with Gasteiger partial charge in [0.2, 0.25) is 0 Å². The molecule has 2 aromatic rings. The van der Waals surface area contributed by atoms with Crippen LogP contribution in [0.25, 0.3) is 0 Å². The number of aryl methyl sites for hydroxylation is 1. The molecule has 0 aliphatic carbocycles. The van der Waals surface area contributed by atoms with Gasteiger partial charge in [0.05, 0.1) is 4.92 Å². The highest BCUT2D eigenvalue weighted by molar-refractivity contribution is 9.08. The van der Waals surface area contributed by atoms with Crippen LogP contribution in [0.3, 0.4) is 0 Å². The first-order valence-electron chi connectivity index (χ1n) is 6.72. The number of alkyl halides is 1. The van der Waals surface area contributed by atoms with Crippen molar-refractivity contribution in [2.75, 3.05) is 11.9 Å². The predicted octanol–water partition coefficient (Wildman–Crippen LogP) is 4.82. The van der Waals surface area contributed by atoms with Crippen LogP contribution in [0, 0.1) is 10.1 Å². The van der Waals surface area contributed by atoms with Crippen molar-refractivity contribution in [1.82, 2.24) is 0 Å². The molecule has 0 N–H and O–H groups in total. The van der Waals surface area contributed by atoms with Gasteiger partial charge in [-0.15, -0.1) is 0 Å². The van der Waals surface area contributed by atoms with Crippen LogP contribution in [0.4, 0.5) is 17.1 Å². The fourth-order valence-electron chi connectivity index (χ4n) is 2.17. The van der Waals surface area contributed by atoms with Gasteiger partial charge in [0.15, 0.2) is 0 Å². The molecule has 4 nitrogen and oxygen atoms in total. The van der Waals surface area contributed by atoms with Crippen LogP contribution in [0.1, 0.15) is 18.1 Å². The Bertz CT molecular complexity index is 641. The lowest BCUT2D eigenvalue weighted by Gasteiger charge is -2.20. The number of hydrogen-bond acceptors (Lipinski definition) is 3. The van der Waals surface area contributed by atoms with Crippen LogP contribution in [-0.4, -0.2) is 12.0 Å². The summed E-state index contributed by atoms with van der Waals surface area (Å²) in [4.78, 5) is 12.6. The topological polar surface area (TPSA) is 46.4 Å². The number of rotatable bonds is 5. The maximum Gasteiger partial charge on any atom is 0.273 e. The summed E-state index contributed by atoms with van der Waals surface area (Å²) in [5, 5.41) is 11.4. The second-order valence-electron chi connectivity index (χ2n) is 4.78. The second-order valence-corrected chi connectivity index (χ2v) is 5.34. The van der Waals surface area contributed by atoms with Crippen molar-refractivity contribution in [1.29, 1.82) is 0 Å². The zero-order valence-electron chi connectivity index (χ0n) is 12.0. The van der Waals surface area contributed by atoms with E-state index in [1.807, 2.05) is 18.0 Å². The fraction of sp³-hybridized carbons (Fsp3) is 0.250. The predicted molar refractivity (Wildman–Crippen MR) is 89.6 cm³/mol. The molecular weight excluding hydrogens is 332 g/mol. The van der Waals surface area contributed by atoms with E-state index in [0.29, 0.717) is 10.9 Å². The third kappa shape index (κ3) is 3.42. The van der Waals surface area contributed by atoms with Gasteiger partial charge in [0.25, 0.3) is 5.69 Å². The Kier molecular flexibility index (Phi) is 4.96. The molecule has 0 radical (unpaired) electrons. The van der Waals surface area contributed by atoms with Gasteiger partial charge in [-0.3, -0.25) is 10.1 Å². The van der Waals surface area contributed by atoms with Crippen LogP contribution in [0.15, 0.2) is 42.5 Å². The first-order valence-corrected chi connectivity index (χ1v) is 7.85. The minimum Gasteiger partial charge on any atom is -0.345 e. The fourth-order valence-corrected chi connectivity index (χ4v) is 2.62. The van der Waals surface area contributed by atoms with Gasteiger partial charge in [0, 0.05) is 35.4 Å². The summed E-state index contributed by atoms with van der Waals surface area (Å²) in [6.45, 7) is 2.12. The second kappa shape index (κ2) is 6.72. The largest absolute Gasteiger partial charge is 0.345 e. The maximum absolute atomic E-state index is 11.0. The summed E-state index contributed by atoms with van der Waals surface area (Å²) < 4.78 is 0. The average Bonchev–Trinajstić information content (AvgIpc) is 2.53. The first-order chi connectivity index (χ1) is 10.1. The van der Waals surface area contributed by atoms with Gasteiger partial charge >= 0.3 is 0 Å². The lowest BCUT2D eigenvalue weighted by molar-refractivity contribution is -0.385. The molecule has 0 bridgehead atoms. The van der Waals surface area contributed by atoms with Crippen molar-refractivity contribution < 1.29 is 4.92 Å². The molecule has 110 valence electrons.